The van der Waals surface area contributed by atoms with Crippen LogP contribution in [0.5, 0.6) is 28.7 Å². The van der Waals surface area contributed by atoms with Crippen molar-refractivity contribution in [3.8, 4) is 40.1 Å². The monoisotopic (exact) mass is 568 g/mol. The Morgan fingerprint density at radius 1 is 0.905 bits per heavy atom. The van der Waals surface area contributed by atoms with Gasteiger partial charge in [-0.15, -0.1) is 0 Å². The number of ketones is 1. The fourth-order valence-electron chi connectivity index (χ4n) is 5.16. The van der Waals surface area contributed by atoms with Gasteiger partial charge in [0.05, 0.1) is 44.8 Å². The van der Waals surface area contributed by atoms with Crippen LogP contribution in [0.15, 0.2) is 70.8 Å². The van der Waals surface area contributed by atoms with Gasteiger partial charge < -0.3 is 33.2 Å². The molecule has 0 bridgehead atoms. The highest BCUT2D eigenvalue weighted by Gasteiger charge is 2.39. The summed E-state index contributed by atoms with van der Waals surface area (Å²) in [7, 11) is 4.50. The first kappa shape index (κ1) is 26.7. The van der Waals surface area contributed by atoms with Gasteiger partial charge in [-0.2, -0.15) is 0 Å². The van der Waals surface area contributed by atoms with E-state index in [9.17, 15) is 19.5 Å². The van der Waals surface area contributed by atoms with Crippen LogP contribution in [0.2, 0.25) is 0 Å². The van der Waals surface area contributed by atoms with Crippen LogP contribution in [-0.2, 0) is 4.79 Å². The fourth-order valence-corrected chi connectivity index (χ4v) is 5.16. The summed E-state index contributed by atoms with van der Waals surface area (Å²) in [5.74, 6) is 0.455. The molecule has 3 aromatic carbocycles. The van der Waals surface area contributed by atoms with E-state index in [2.05, 4.69) is 0 Å². The van der Waals surface area contributed by atoms with Gasteiger partial charge in [0.2, 0.25) is 11.5 Å². The number of ether oxygens (including phenoxy) is 5. The van der Waals surface area contributed by atoms with Crippen LogP contribution in [0.4, 0.5) is 0 Å². The van der Waals surface area contributed by atoms with Crippen molar-refractivity contribution in [3.63, 3.8) is 0 Å². The van der Waals surface area contributed by atoms with E-state index in [0.29, 0.717) is 51.0 Å². The number of carboxylic acids is 1. The molecule has 0 unspecified atom stereocenters. The number of hydrogen-bond donors (Lipinski definition) is 1. The summed E-state index contributed by atoms with van der Waals surface area (Å²) >= 11 is 0. The number of Topliss-reactive ketones (excluding diaryl/α,β-unsaturated/α-hetero) is 1. The summed E-state index contributed by atoms with van der Waals surface area (Å²) in [6.07, 6.45) is 1.55. The highest BCUT2D eigenvalue weighted by molar-refractivity contribution is 6.15. The van der Waals surface area contributed by atoms with Crippen molar-refractivity contribution in [1.82, 2.24) is 0 Å². The maximum atomic E-state index is 13.4. The zero-order valence-electron chi connectivity index (χ0n) is 22.8. The van der Waals surface area contributed by atoms with Crippen LogP contribution < -0.4 is 23.7 Å². The van der Waals surface area contributed by atoms with Gasteiger partial charge in [0.1, 0.15) is 23.0 Å². The lowest BCUT2D eigenvalue weighted by Crippen LogP contribution is -2.21. The van der Waals surface area contributed by atoms with Gasteiger partial charge in [-0.05, 0) is 60.2 Å². The lowest BCUT2D eigenvalue weighted by atomic mass is 9.88. The van der Waals surface area contributed by atoms with Crippen LogP contribution in [-0.4, -0.2) is 44.2 Å². The van der Waals surface area contributed by atoms with Crippen LogP contribution in [0, 0.1) is 0 Å². The molecule has 1 aromatic heterocycles. The smallest absolute Gasteiger partial charge is 0.335 e. The van der Waals surface area contributed by atoms with Crippen molar-refractivity contribution in [2.45, 2.75) is 12.3 Å². The maximum absolute atomic E-state index is 13.4. The van der Waals surface area contributed by atoms with Crippen molar-refractivity contribution in [2.75, 3.05) is 21.3 Å². The standard InChI is InChI=1S/C32H24O10/c1-37-25-13-16(14-26(38-2)31(25)39-3)12-24-29(34)19-8-9-23-28(30(19)42-24)20(15-27(33)41-23)22-11-10-21(40-22)17-4-6-18(7-5-17)32(35)36/h4-14,20H,15H2,1-3H3,(H,35,36)/b24-12-/t20-/m0/s1. The Morgan fingerprint density at radius 2 is 1.62 bits per heavy atom. The number of carboxylic acid groups (broad SMARTS) is 1. The van der Waals surface area contributed by atoms with Crippen LogP contribution in [0.1, 0.15) is 49.9 Å². The molecule has 6 rings (SSSR count). The van der Waals surface area contributed by atoms with Crippen molar-refractivity contribution < 1.29 is 47.6 Å². The normalized spacial score (nSPS) is 16.4. The van der Waals surface area contributed by atoms with Crippen molar-refractivity contribution in [1.29, 1.82) is 0 Å². The third kappa shape index (κ3) is 4.52. The molecule has 0 amide bonds. The van der Waals surface area contributed by atoms with E-state index in [-0.39, 0.29) is 35.0 Å². The average molecular weight is 569 g/mol. The summed E-state index contributed by atoms with van der Waals surface area (Å²) in [6.45, 7) is 0. The molecule has 42 heavy (non-hydrogen) atoms. The van der Waals surface area contributed by atoms with E-state index in [1.54, 1.807) is 54.6 Å². The number of esters is 1. The SMILES string of the molecule is COc1cc(/C=C2\Oc3c(ccc4c3[C@H](c3ccc(-c5ccc(C(=O)O)cc5)o3)CC(=O)O4)C2=O)cc(OC)c1OC. The third-order valence-electron chi connectivity index (χ3n) is 7.15. The first-order chi connectivity index (χ1) is 20.3. The molecule has 0 saturated carbocycles. The third-order valence-corrected chi connectivity index (χ3v) is 7.15. The molecule has 1 atom stereocenters. The predicted octanol–water partition coefficient (Wildman–Crippen LogP) is 5.73. The van der Waals surface area contributed by atoms with E-state index in [1.165, 1.54) is 33.5 Å². The number of carbonyl (C=O) groups is 3. The second-order valence-corrected chi connectivity index (χ2v) is 9.57. The molecule has 4 aromatic rings. The van der Waals surface area contributed by atoms with Crippen molar-refractivity contribution in [2.24, 2.45) is 0 Å². The number of fused-ring (bicyclic) bond motifs is 3. The van der Waals surface area contributed by atoms with Crippen molar-refractivity contribution >= 4 is 23.8 Å². The van der Waals surface area contributed by atoms with Crippen LogP contribution in [0.25, 0.3) is 17.4 Å². The number of hydrogen-bond acceptors (Lipinski definition) is 9. The van der Waals surface area contributed by atoms with Crippen LogP contribution in [0.3, 0.4) is 0 Å². The summed E-state index contributed by atoms with van der Waals surface area (Å²) in [5, 5.41) is 9.18. The zero-order valence-corrected chi connectivity index (χ0v) is 22.8. The predicted molar refractivity (Wildman–Crippen MR) is 149 cm³/mol. The molecule has 3 heterocycles. The number of furan rings is 1. The average Bonchev–Trinajstić information content (AvgIpc) is 3.61. The molecule has 0 aliphatic carbocycles. The van der Waals surface area contributed by atoms with Gasteiger partial charge >= 0.3 is 11.9 Å². The molecule has 10 heteroatoms. The Morgan fingerprint density at radius 3 is 2.26 bits per heavy atom. The quantitative estimate of drug-likeness (QED) is 0.168. The van der Waals surface area contributed by atoms with E-state index < -0.39 is 17.9 Å². The van der Waals surface area contributed by atoms with Crippen molar-refractivity contribution in [3.05, 3.63) is 94.4 Å². The number of carbonyl (C=O) groups excluding carboxylic acids is 2. The highest BCUT2D eigenvalue weighted by atomic mass is 16.5. The van der Waals surface area contributed by atoms with Gasteiger partial charge in [0, 0.05) is 11.1 Å². The fraction of sp³-hybridized carbons (Fsp3) is 0.156. The van der Waals surface area contributed by atoms with E-state index in [4.69, 9.17) is 28.1 Å². The molecule has 1 N–H and O–H groups in total. The van der Waals surface area contributed by atoms with Gasteiger partial charge in [-0.3, -0.25) is 9.59 Å². The molecule has 10 nitrogen and oxygen atoms in total. The number of aromatic carboxylic acids is 1. The van der Waals surface area contributed by atoms with Gasteiger partial charge in [-0.1, -0.05) is 12.1 Å². The first-order valence-electron chi connectivity index (χ1n) is 12.9. The second kappa shape index (κ2) is 10.5. The minimum Gasteiger partial charge on any atom is -0.493 e. The minimum absolute atomic E-state index is 0.0299. The molecule has 0 spiro atoms. The summed E-state index contributed by atoms with van der Waals surface area (Å²) in [6, 6.07) is 16.3. The molecule has 0 saturated heterocycles. The van der Waals surface area contributed by atoms with Gasteiger partial charge in [0.15, 0.2) is 17.3 Å². The van der Waals surface area contributed by atoms with E-state index >= 15 is 0 Å². The maximum Gasteiger partial charge on any atom is 0.335 e. The Bertz CT molecular complexity index is 1750. The molecular formula is C32H24O10. The molecule has 2 aliphatic heterocycles. The Labute approximate surface area is 239 Å². The van der Waals surface area contributed by atoms with Crippen LogP contribution >= 0.6 is 0 Å². The Hall–Kier alpha value is -5.51. The lowest BCUT2D eigenvalue weighted by molar-refractivity contribution is -0.135. The van der Waals surface area contributed by atoms with Gasteiger partial charge in [0.25, 0.3) is 0 Å². The van der Waals surface area contributed by atoms with E-state index in [0.717, 1.165) is 0 Å². The summed E-state index contributed by atoms with van der Waals surface area (Å²) in [4.78, 5) is 37.2. The molecule has 212 valence electrons. The number of rotatable bonds is 7. The topological polar surface area (TPSA) is 131 Å². The number of methoxy groups -OCH3 is 3. The highest BCUT2D eigenvalue weighted by Crippen LogP contribution is 2.50. The largest absolute Gasteiger partial charge is 0.493 e. The minimum atomic E-state index is -1.03. The summed E-state index contributed by atoms with van der Waals surface area (Å²) in [5.41, 5.74) is 2.26. The first-order valence-corrected chi connectivity index (χ1v) is 12.9. The number of benzene rings is 3. The summed E-state index contributed by atoms with van der Waals surface area (Å²) < 4.78 is 34.0. The Kier molecular flexibility index (Phi) is 6.66. The molecule has 0 radical (unpaired) electrons. The van der Waals surface area contributed by atoms with E-state index in [1.807, 2.05) is 0 Å². The molecular weight excluding hydrogens is 544 g/mol. The second-order valence-electron chi connectivity index (χ2n) is 9.57. The molecule has 2 aliphatic rings. The zero-order chi connectivity index (χ0) is 29.5. The lowest BCUT2D eigenvalue weighted by Gasteiger charge is -2.24. The Balaban J connectivity index is 1.38. The van der Waals surface area contributed by atoms with Gasteiger partial charge in [-0.25, -0.2) is 4.79 Å². The molecule has 0 fully saturated rings. The number of allylic oxidation sites excluding steroid dienone is 1.